The fourth-order valence-corrected chi connectivity index (χ4v) is 3.26. The molecule has 0 radical (unpaired) electrons. The van der Waals surface area contributed by atoms with Crippen LogP contribution in [0.25, 0.3) is 0 Å². The highest BCUT2D eigenvalue weighted by Crippen LogP contribution is 2.29. The maximum absolute atomic E-state index is 12.4. The van der Waals surface area contributed by atoms with Crippen molar-refractivity contribution in [3.05, 3.63) is 95.1 Å². The van der Waals surface area contributed by atoms with Gasteiger partial charge in [0, 0.05) is 28.1 Å². The number of fused-ring (bicyclic) bond motifs is 1. The fourth-order valence-electron chi connectivity index (χ4n) is 3.26. The van der Waals surface area contributed by atoms with Crippen LogP contribution < -0.4 is 21.5 Å². The second kappa shape index (κ2) is 8.18. The molecule has 1 heterocycles. The molecule has 4 rings (SSSR count). The first-order valence-corrected chi connectivity index (χ1v) is 9.45. The molecule has 4 N–H and O–H groups in total. The third-order valence-electron chi connectivity index (χ3n) is 4.81. The van der Waals surface area contributed by atoms with Gasteiger partial charge in [-0.2, -0.15) is 0 Å². The molecule has 0 saturated heterocycles. The van der Waals surface area contributed by atoms with Gasteiger partial charge in [0.25, 0.3) is 11.8 Å². The molecule has 1 aliphatic heterocycles. The van der Waals surface area contributed by atoms with E-state index in [1.807, 2.05) is 37.3 Å². The minimum Gasteiger partial charge on any atom is -0.324 e. The Morgan fingerprint density at radius 2 is 1.63 bits per heavy atom. The molecule has 7 nitrogen and oxygen atoms in total. The number of hydrazine groups is 1. The van der Waals surface area contributed by atoms with Crippen LogP contribution in [0.1, 0.15) is 37.9 Å². The number of carbonyl (C=O) groups excluding carboxylic acids is 3. The van der Waals surface area contributed by atoms with E-state index in [4.69, 9.17) is 0 Å². The number of amides is 3. The molecule has 0 fully saturated rings. The minimum absolute atomic E-state index is 0.219. The number of rotatable bonds is 5. The highest BCUT2D eigenvalue weighted by Gasteiger charge is 2.30. The number of anilines is 2. The number of benzene rings is 3. The molecule has 0 spiro atoms. The number of hydrogen-bond donors (Lipinski definition) is 4. The zero-order chi connectivity index (χ0) is 21.1. The van der Waals surface area contributed by atoms with Crippen LogP contribution in [0, 0.1) is 6.92 Å². The quantitative estimate of drug-likeness (QED) is 0.494. The molecular formula is C23H20N4O3. The molecule has 1 aliphatic rings. The number of carbonyl (C=O) groups is 3. The van der Waals surface area contributed by atoms with Crippen molar-refractivity contribution in [1.82, 2.24) is 10.9 Å². The monoisotopic (exact) mass is 400 g/mol. The Bertz CT molecular complexity index is 1130. The van der Waals surface area contributed by atoms with Gasteiger partial charge in [0.1, 0.15) is 6.04 Å². The molecule has 0 aromatic heterocycles. The first-order valence-electron chi connectivity index (χ1n) is 9.45. The molecule has 3 aromatic carbocycles. The van der Waals surface area contributed by atoms with Gasteiger partial charge in [0.05, 0.1) is 0 Å². The summed E-state index contributed by atoms with van der Waals surface area (Å²) < 4.78 is 0. The molecule has 150 valence electrons. The fraction of sp³-hybridized carbons (Fsp3) is 0.0870. The summed E-state index contributed by atoms with van der Waals surface area (Å²) in [5, 5.41) is 5.57. The molecule has 7 heteroatoms. The number of aryl methyl sites for hydroxylation is 1. The first-order chi connectivity index (χ1) is 14.5. The van der Waals surface area contributed by atoms with Gasteiger partial charge in [-0.15, -0.1) is 0 Å². The van der Waals surface area contributed by atoms with Gasteiger partial charge in [-0.1, -0.05) is 35.9 Å². The summed E-state index contributed by atoms with van der Waals surface area (Å²) in [4.78, 5) is 36.8. The van der Waals surface area contributed by atoms with E-state index in [2.05, 4.69) is 21.5 Å². The lowest BCUT2D eigenvalue weighted by Crippen LogP contribution is -2.42. The van der Waals surface area contributed by atoms with Crippen LogP contribution in [0.5, 0.6) is 0 Å². The molecule has 1 atom stereocenters. The summed E-state index contributed by atoms with van der Waals surface area (Å²) in [6.07, 6.45) is 0. The highest BCUT2D eigenvalue weighted by atomic mass is 16.2. The highest BCUT2D eigenvalue weighted by molar-refractivity contribution is 6.05. The molecule has 3 amide bonds. The van der Waals surface area contributed by atoms with Crippen LogP contribution in [0.15, 0.2) is 72.8 Å². The van der Waals surface area contributed by atoms with Crippen LogP contribution in [0.3, 0.4) is 0 Å². The zero-order valence-electron chi connectivity index (χ0n) is 16.2. The van der Waals surface area contributed by atoms with Crippen molar-refractivity contribution in [2.75, 3.05) is 10.6 Å². The van der Waals surface area contributed by atoms with Crippen LogP contribution >= 0.6 is 0 Å². The van der Waals surface area contributed by atoms with Gasteiger partial charge >= 0.3 is 0 Å². The summed E-state index contributed by atoms with van der Waals surface area (Å²) in [7, 11) is 0. The van der Waals surface area contributed by atoms with Crippen molar-refractivity contribution < 1.29 is 14.4 Å². The second-order valence-electron chi connectivity index (χ2n) is 7.01. The van der Waals surface area contributed by atoms with Crippen molar-refractivity contribution in [3.8, 4) is 0 Å². The average Bonchev–Trinajstić information content (AvgIpc) is 3.07. The number of nitrogens with one attached hydrogen (secondary N) is 4. The maximum atomic E-state index is 12.4. The van der Waals surface area contributed by atoms with Crippen LogP contribution in [-0.4, -0.2) is 17.7 Å². The lowest BCUT2D eigenvalue weighted by molar-refractivity contribution is -0.117. The van der Waals surface area contributed by atoms with Crippen LogP contribution in [-0.2, 0) is 4.79 Å². The summed E-state index contributed by atoms with van der Waals surface area (Å²) in [6, 6.07) is 20.4. The summed E-state index contributed by atoms with van der Waals surface area (Å²) in [6.45, 7) is 1.92. The lowest BCUT2D eigenvalue weighted by atomic mass is 10.1. The second-order valence-corrected chi connectivity index (χ2v) is 7.01. The Morgan fingerprint density at radius 1 is 0.867 bits per heavy atom. The summed E-state index contributed by atoms with van der Waals surface area (Å²) >= 11 is 0. The Morgan fingerprint density at radius 3 is 2.40 bits per heavy atom. The van der Waals surface area contributed by atoms with E-state index in [0.717, 1.165) is 16.8 Å². The van der Waals surface area contributed by atoms with Gasteiger partial charge in [-0.05, 0) is 49.4 Å². The van der Waals surface area contributed by atoms with Crippen molar-refractivity contribution in [2.45, 2.75) is 13.0 Å². The molecule has 0 aliphatic carbocycles. The Labute approximate surface area is 173 Å². The zero-order valence-corrected chi connectivity index (χ0v) is 16.2. The van der Waals surface area contributed by atoms with E-state index < -0.39 is 6.04 Å². The van der Waals surface area contributed by atoms with Gasteiger partial charge in [-0.25, -0.2) is 5.43 Å². The van der Waals surface area contributed by atoms with Gasteiger partial charge in [0.2, 0.25) is 5.91 Å². The van der Waals surface area contributed by atoms with Gasteiger partial charge < -0.3 is 10.6 Å². The first kappa shape index (κ1) is 19.4. The number of hydrogen-bond acceptors (Lipinski definition) is 4. The van der Waals surface area contributed by atoms with E-state index in [9.17, 15) is 14.4 Å². The van der Waals surface area contributed by atoms with Crippen molar-refractivity contribution >= 4 is 29.1 Å². The Balaban J connectivity index is 1.36. The lowest BCUT2D eigenvalue weighted by Gasteiger charge is -2.13. The smallest absolute Gasteiger partial charge is 0.265 e. The minimum atomic E-state index is -0.655. The van der Waals surface area contributed by atoms with E-state index >= 15 is 0 Å². The Kier molecular flexibility index (Phi) is 5.28. The summed E-state index contributed by atoms with van der Waals surface area (Å²) in [5.74, 6) is -0.835. The standard InChI is InChI=1S/C23H20N4O3/c1-14-5-4-6-16(13-14)21(28)24-17-11-9-15(10-12-17)22(29)27-26-20-18-7-2-3-8-19(18)25-23(20)30/h2-13,20,26H,1H3,(H,24,28)(H,25,30)(H,27,29). The maximum Gasteiger partial charge on any atom is 0.265 e. The van der Waals surface area contributed by atoms with E-state index in [1.54, 1.807) is 42.5 Å². The number of para-hydroxylation sites is 1. The molecule has 30 heavy (non-hydrogen) atoms. The van der Waals surface area contributed by atoms with E-state index in [-0.39, 0.29) is 17.7 Å². The summed E-state index contributed by atoms with van der Waals surface area (Å²) in [5.41, 5.74) is 9.38. The van der Waals surface area contributed by atoms with Crippen LogP contribution in [0.2, 0.25) is 0 Å². The van der Waals surface area contributed by atoms with Crippen molar-refractivity contribution in [3.63, 3.8) is 0 Å². The predicted molar refractivity (Wildman–Crippen MR) is 114 cm³/mol. The van der Waals surface area contributed by atoms with Gasteiger partial charge in [-0.3, -0.25) is 19.8 Å². The Hall–Kier alpha value is -3.97. The van der Waals surface area contributed by atoms with E-state index in [0.29, 0.717) is 16.8 Å². The molecular weight excluding hydrogens is 380 g/mol. The molecule has 1 unspecified atom stereocenters. The third kappa shape index (κ3) is 4.06. The van der Waals surface area contributed by atoms with Crippen LogP contribution in [0.4, 0.5) is 11.4 Å². The topological polar surface area (TPSA) is 99.3 Å². The SMILES string of the molecule is Cc1cccc(C(=O)Nc2ccc(C(=O)NNC3C(=O)Nc4ccccc43)cc2)c1. The van der Waals surface area contributed by atoms with Crippen molar-refractivity contribution in [2.24, 2.45) is 0 Å². The van der Waals surface area contributed by atoms with Crippen molar-refractivity contribution in [1.29, 1.82) is 0 Å². The molecule has 0 bridgehead atoms. The third-order valence-corrected chi connectivity index (χ3v) is 4.81. The van der Waals surface area contributed by atoms with E-state index in [1.165, 1.54) is 0 Å². The largest absolute Gasteiger partial charge is 0.324 e. The molecule has 3 aromatic rings. The van der Waals surface area contributed by atoms with Gasteiger partial charge in [0.15, 0.2) is 0 Å². The predicted octanol–water partition coefficient (Wildman–Crippen LogP) is 3.18. The average molecular weight is 400 g/mol. The normalized spacial score (nSPS) is 14.6. The molecule has 0 saturated carbocycles.